The van der Waals surface area contributed by atoms with E-state index in [9.17, 15) is 18.0 Å². The summed E-state index contributed by atoms with van der Waals surface area (Å²) < 4.78 is 25.3. The Morgan fingerprint density at radius 2 is 1.74 bits per heavy atom. The van der Waals surface area contributed by atoms with Gasteiger partial charge in [0.2, 0.25) is 10.0 Å². The molecule has 0 unspecified atom stereocenters. The number of amides is 2. The van der Waals surface area contributed by atoms with E-state index in [-0.39, 0.29) is 16.7 Å². The first-order chi connectivity index (χ1) is 12.8. The molecule has 1 aromatic carbocycles. The van der Waals surface area contributed by atoms with Crippen LogP contribution in [0.15, 0.2) is 29.2 Å². The van der Waals surface area contributed by atoms with Crippen LogP contribution in [0.2, 0.25) is 0 Å². The molecule has 2 N–H and O–H groups in total. The van der Waals surface area contributed by atoms with Gasteiger partial charge in [0.15, 0.2) is 6.54 Å². The number of rotatable bonds is 7. The predicted octanol–water partition coefficient (Wildman–Crippen LogP) is -1.20. The molecule has 27 heavy (non-hydrogen) atoms. The molecule has 1 aliphatic rings. The molecule has 2 amide bonds. The summed E-state index contributed by atoms with van der Waals surface area (Å²) in [7, 11) is -0.561. The Balaban J connectivity index is 1.91. The van der Waals surface area contributed by atoms with Crippen LogP contribution in [0.25, 0.3) is 0 Å². The molecule has 1 aliphatic heterocycles. The molecular weight excluding hydrogens is 368 g/mol. The van der Waals surface area contributed by atoms with Crippen LogP contribution in [-0.4, -0.2) is 82.8 Å². The zero-order chi connectivity index (χ0) is 20.0. The summed E-state index contributed by atoms with van der Waals surface area (Å²) in [6.07, 6.45) is 0.915. The molecule has 9 heteroatoms. The number of piperazine rings is 1. The fourth-order valence-corrected chi connectivity index (χ4v) is 3.82. The number of nitrogens with one attached hydrogen (secondary N) is 2. The number of benzene rings is 1. The maximum atomic E-state index is 12.6. The number of hydrogen-bond acceptors (Lipinski definition) is 4. The van der Waals surface area contributed by atoms with Gasteiger partial charge in [0, 0.05) is 26.2 Å². The SMILES string of the molecule is CCCNC(=O)C[NH+]1CCN(C(=O)c2ccc(S(=O)(=O)N(C)C)cc2)CC1. The van der Waals surface area contributed by atoms with E-state index in [1.165, 1.54) is 31.1 Å². The van der Waals surface area contributed by atoms with Gasteiger partial charge in [-0.15, -0.1) is 0 Å². The average Bonchev–Trinajstić information content (AvgIpc) is 2.66. The maximum absolute atomic E-state index is 12.6. The average molecular weight is 398 g/mol. The van der Waals surface area contributed by atoms with Crippen LogP contribution in [0.5, 0.6) is 0 Å². The molecule has 0 aliphatic carbocycles. The van der Waals surface area contributed by atoms with Gasteiger partial charge in [0.05, 0.1) is 31.1 Å². The highest BCUT2D eigenvalue weighted by atomic mass is 32.2. The topological polar surface area (TPSA) is 91.2 Å². The van der Waals surface area contributed by atoms with Crippen molar-refractivity contribution in [2.45, 2.75) is 18.2 Å². The molecule has 1 fully saturated rings. The smallest absolute Gasteiger partial charge is 0.275 e. The number of carbonyl (C=O) groups is 2. The quantitative estimate of drug-likeness (QED) is 0.605. The molecule has 0 bridgehead atoms. The summed E-state index contributed by atoms with van der Waals surface area (Å²) in [6, 6.07) is 6.02. The van der Waals surface area contributed by atoms with E-state index in [4.69, 9.17) is 0 Å². The summed E-state index contributed by atoms with van der Waals surface area (Å²) >= 11 is 0. The first-order valence-electron chi connectivity index (χ1n) is 9.18. The van der Waals surface area contributed by atoms with Crippen molar-refractivity contribution < 1.29 is 22.9 Å². The number of quaternary nitrogens is 1. The first-order valence-corrected chi connectivity index (χ1v) is 10.6. The maximum Gasteiger partial charge on any atom is 0.275 e. The van der Waals surface area contributed by atoms with Crippen LogP contribution in [0.3, 0.4) is 0 Å². The molecule has 8 nitrogen and oxygen atoms in total. The fourth-order valence-electron chi connectivity index (χ4n) is 2.92. The largest absolute Gasteiger partial charge is 0.351 e. The van der Waals surface area contributed by atoms with Gasteiger partial charge in [-0.2, -0.15) is 0 Å². The molecule has 1 heterocycles. The van der Waals surface area contributed by atoms with E-state index in [0.29, 0.717) is 31.7 Å². The van der Waals surface area contributed by atoms with Crippen molar-refractivity contribution in [1.29, 1.82) is 0 Å². The highest BCUT2D eigenvalue weighted by Gasteiger charge is 2.26. The second kappa shape index (κ2) is 9.29. The lowest BCUT2D eigenvalue weighted by atomic mass is 10.2. The standard InChI is InChI=1S/C18H28N4O4S/c1-4-9-19-17(23)14-21-10-12-22(13-11-21)18(24)15-5-7-16(8-6-15)27(25,26)20(2)3/h5-8H,4,9-14H2,1-3H3,(H,19,23)/p+1. The summed E-state index contributed by atoms with van der Waals surface area (Å²) in [5.74, 6) is -0.0670. The Morgan fingerprint density at radius 3 is 2.26 bits per heavy atom. The van der Waals surface area contributed by atoms with Crippen molar-refractivity contribution >= 4 is 21.8 Å². The van der Waals surface area contributed by atoms with Crippen LogP contribution < -0.4 is 10.2 Å². The van der Waals surface area contributed by atoms with Gasteiger partial charge in [-0.25, -0.2) is 12.7 Å². The summed E-state index contributed by atoms with van der Waals surface area (Å²) in [5, 5.41) is 2.87. The van der Waals surface area contributed by atoms with Gasteiger partial charge in [-0.05, 0) is 30.7 Å². The van der Waals surface area contributed by atoms with Gasteiger partial charge in [-0.3, -0.25) is 9.59 Å². The Labute approximate surface area is 161 Å². The Kier molecular flexibility index (Phi) is 7.34. The molecule has 0 atom stereocenters. The molecule has 150 valence electrons. The summed E-state index contributed by atoms with van der Waals surface area (Å²) in [4.78, 5) is 27.5. The third-order valence-electron chi connectivity index (χ3n) is 4.62. The van der Waals surface area contributed by atoms with Crippen molar-refractivity contribution in [2.24, 2.45) is 0 Å². The van der Waals surface area contributed by atoms with Crippen LogP contribution in [0, 0.1) is 0 Å². The monoisotopic (exact) mass is 397 g/mol. The minimum atomic E-state index is -3.50. The molecule has 1 aromatic rings. The van der Waals surface area contributed by atoms with E-state index in [0.717, 1.165) is 23.8 Å². The van der Waals surface area contributed by atoms with Gasteiger partial charge < -0.3 is 15.1 Å². The van der Waals surface area contributed by atoms with Crippen LogP contribution in [-0.2, 0) is 14.8 Å². The van der Waals surface area contributed by atoms with Crippen LogP contribution >= 0.6 is 0 Å². The van der Waals surface area contributed by atoms with Gasteiger partial charge in [0.1, 0.15) is 0 Å². The van der Waals surface area contributed by atoms with Crippen molar-refractivity contribution in [3.8, 4) is 0 Å². The highest BCUT2D eigenvalue weighted by Crippen LogP contribution is 2.15. The van der Waals surface area contributed by atoms with Crippen molar-refractivity contribution in [3.05, 3.63) is 29.8 Å². The molecule has 1 saturated heterocycles. The zero-order valence-electron chi connectivity index (χ0n) is 16.2. The third kappa shape index (κ3) is 5.50. The van der Waals surface area contributed by atoms with Crippen molar-refractivity contribution in [3.63, 3.8) is 0 Å². The third-order valence-corrected chi connectivity index (χ3v) is 6.45. The molecule has 0 spiro atoms. The summed E-state index contributed by atoms with van der Waals surface area (Å²) in [5.41, 5.74) is 0.469. The Bertz CT molecular complexity index is 754. The van der Waals surface area contributed by atoms with E-state index in [1.54, 1.807) is 17.0 Å². The normalized spacial score (nSPS) is 15.8. The van der Waals surface area contributed by atoms with Gasteiger partial charge in [0.25, 0.3) is 11.8 Å². The lowest BCUT2D eigenvalue weighted by Crippen LogP contribution is -3.15. The minimum absolute atomic E-state index is 0.0457. The van der Waals surface area contributed by atoms with Crippen LogP contribution in [0.4, 0.5) is 0 Å². The fraction of sp³-hybridized carbons (Fsp3) is 0.556. The van der Waals surface area contributed by atoms with Gasteiger partial charge in [-0.1, -0.05) is 6.92 Å². The second-order valence-electron chi connectivity index (χ2n) is 6.88. The number of hydrogen-bond donors (Lipinski definition) is 2. The van der Waals surface area contributed by atoms with E-state index in [2.05, 4.69) is 5.32 Å². The second-order valence-corrected chi connectivity index (χ2v) is 9.03. The predicted molar refractivity (Wildman–Crippen MR) is 102 cm³/mol. The van der Waals surface area contributed by atoms with E-state index in [1.807, 2.05) is 6.92 Å². The Hall–Kier alpha value is -1.97. The number of sulfonamides is 1. The highest BCUT2D eigenvalue weighted by molar-refractivity contribution is 7.89. The first kappa shape index (κ1) is 21.3. The molecule has 0 saturated carbocycles. The zero-order valence-corrected chi connectivity index (χ0v) is 17.0. The minimum Gasteiger partial charge on any atom is -0.351 e. The summed E-state index contributed by atoms with van der Waals surface area (Å²) in [6.45, 7) is 5.73. The molecule has 0 aromatic heterocycles. The van der Waals surface area contributed by atoms with Crippen LogP contribution in [0.1, 0.15) is 23.7 Å². The Morgan fingerprint density at radius 1 is 1.15 bits per heavy atom. The van der Waals surface area contributed by atoms with Gasteiger partial charge >= 0.3 is 0 Å². The number of nitrogens with zero attached hydrogens (tertiary/aromatic N) is 2. The lowest BCUT2D eigenvalue weighted by Gasteiger charge is -2.32. The van der Waals surface area contributed by atoms with Crippen molar-refractivity contribution in [2.75, 3.05) is 53.4 Å². The lowest BCUT2D eigenvalue weighted by molar-refractivity contribution is -0.896. The van der Waals surface area contributed by atoms with E-state index >= 15 is 0 Å². The van der Waals surface area contributed by atoms with E-state index < -0.39 is 10.0 Å². The molecule has 2 rings (SSSR count). The molecular formula is C18H29N4O4S+. The van der Waals surface area contributed by atoms with Crippen molar-refractivity contribution in [1.82, 2.24) is 14.5 Å². The number of carbonyl (C=O) groups excluding carboxylic acids is 2. The molecule has 0 radical (unpaired) electrons.